The molecular formula is C118H82N8O3. The standard InChI is InChI=1S/C44H32N2O.C39H26N4O.C35H24N2O/c1-43(2)32-17-9-5-13-26(32)27-22-21-25(23-34(27)43)41-29-15-7-11-19-35(29)45-42(46-41)31-24-37-39(30-16-8-12-20-36(30)47-37)40-38(31)28-14-6-10-18-33(28)44(40,3)4;1-39(2)33-26(27-19-20-31-32(34(27)39)28-15-8-9-18-30(28)44-31)16-10-17-29(33)37-41-36(24-12-4-3-5-13-24)42-38(43-37)35-25-14-7-6-11-23(25)21-22-40-35;1-35(2)26-17-9-6-14-22(26)30-25(20-29-31(32(30)35)24-16-8-11-19-28(24)38-29)34-36-27-18-10-7-15-23(27)33(37-34)21-12-4-3-5-13-21/h5-24H,1-4H3;3-22H,1-2H3;3-20H,1-2H3. The lowest BCUT2D eigenvalue weighted by Gasteiger charge is -2.24. The summed E-state index contributed by atoms with van der Waals surface area (Å²) in [5.74, 6) is 3.24. The number of pyridine rings is 1. The Labute approximate surface area is 744 Å². The second-order valence-electron chi connectivity index (χ2n) is 36.6. The van der Waals surface area contributed by atoms with Crippen molar-refractivity contribution < 1.29 is 13.3 Å². The molecule has 11 heteroatoms. The predicted molar refractivity (Wildman–Crippen MR) is 524 cm³/mol. The van der Waals surface area contributed by atoms with Crippen LogP contribution in [-0.2, 0) is 21.7 Å². The number of hydrogen-bond donors (Lipinski definition) is 0. The topological polar surface area (TPSA) is 143 Å². The van der Waals surface area contributed by atoms with Crippen molar-refractivity contribution in [2.75, 3.05) is 0 Å². The minimum Gasteiger partial charge on any atom is -0.456 e. The van der Waals surface area contributed by atoms with Gasteiger partial charge in [0.25, 0.3) is 0 Å². The van der Waals surface area contributed by atoms with Gasteiger partial charge in [-0.15, -0.1) is 0 Å². The average Bonchev–Trinajstić information content (AvgIpc) is 1.55. The van der Waals surface area contributed by atoms with Crippen LogP contribution in [0.4, 0.5) is 0 Å². The van der Waals surface area contributed by atoms with Crippen LogP contribution >= 0.6 is 0 Å². The lowest BCUT2D eigenvalue weighted by molar-refractivity contribution is 0.657. The van der Waals surface area contributed by atoms with Crippen LogP contribution in [0.1, 0.15) is 99.9 Å². The average molecular weight is 1660 g/mol. The maximum Gasteiger partial charge on any atom is 0.183 e. The number of furan rings is 3. The number of hydrogen-bond acceptors (Lipinski definition) is 11. The van der Waals surface area contributed by atoms with E-state index in [2.05, 4.69) is 316 Å². The van der Waals surface area contributed by atoms with Gasteiger partial charge in [0.2, 0.25) is 0 Å². The van der Waals surface area contributed by atoms with Crippen LogP contribution in [0, 0.1) is 0 Å². The molecule has 129 heavy (non-hydrogen) atoms. The highest BCUT2D eigenvalue weighted by atomic mass is 16.3. The molecule has 0 unspecified atom stereocenters. The molecule has 612 valence electrons. The maximum atomic E-state index is 6.58. The van der Waals surface area contributed by atoms with E-state index < -0.39 is 0 Å². The summed E-state index contributed by atoms with van der Waals surface area (Å²) < 4.78 is 19.4. The van der Waals surface area contributed by atoms with Gasteiger partial charge in [0.15, 0.2) is 29.1 Å². The Bertz CT molecular complexity index is 8710. The van der Waals surface area contributed by atoms with Gasteiger partial charge in [-0.05, 0) is 155 Å². The molecule has 27 rings (SSSR count). The van der Waals surface area contributed by atoms with Crippen LogP contribution in [0.3, 0.4) is 0 Å². The van der Waals surface area contributed by atoms with Gasteiger partial charge in [-0.3, -0.25) is 4.98 Å². The SMILES string of the molecule is CC1(C)c2c(-c3nc(-c4ccccc4)nc(-c4nccc5ccccc45)n3)cccc2-c2ccc3oc4ccccc4c3c21.CC1(C)c2ccccc2-c2c(-c3nc(-c4ccccc4)c4ccccc4n3)cc3oc4ccccc4c3c21.CC1(C)c2ccccc2-c2ccc(-c3nc(-c4cc5oc6ccccc6c5c5c4-c4ccccc4C5(C)C)nc4ccccc34)cc21. The summed E-state index contributed by atoms with van der Waals surface area (Å²) in [5.41, 5.74) is 35.4. The summed E-state index contributed by atoms with van der Waals surface area (Å²) in [6, 6.07) is 121. The van der Waals surface area contributed by atoms with Crippen LogP contribution in [0.5, 0.6) is 0 Å². The van der Waals surface area contributed by atoms with Crippen LogP contribution in [0.15, 0.2) is 365 Å². The molecule has 11 nitrogen and oxygen atoms in total. The van der Waals surface area contributed by atoms with Crippen LogP contribution in [0.25, 0.3) is 222 Å². The van der Waals surface area contributed by atoms with Gasteiger partial charge in [-0.25, -0.2) is 34.9 Å². The smallest absolute Gasteiger partial charge is 0.183 e. The summed E-state index contributed by atoms with van der Waals surface area (Å²) in [4.78, 5) is 41.2. The number of aromatic nitrogens is 8. The first kappa shape index (κ1) is 75.5. The largest absolute Gasteiger partial charge is 0.456 e. The fourth-order valence-electron chi connectivity index (χ4n) is 22.0. The molecule has 0 saturated heterocycles. The van der Waals surface area contributed by atoms with E-state index in [1.165, 1.54) is 105 Å². The Morgan fingerprint density at radius 1 is 0.209 bits per heavy atom. The van der Waals surface area contributed by atoms with Crippen molar-refractivity contribution in [2.24, 2.45) is 0 Å². The summed E-state index contributed by atoms with van der Waals surface area (Å²) in [5, 5.41) is 11.2. The number of fused-ring (bicyclic) bond motifs is 27. The van der Waals surface area contributed by atoms with Crippen molar-refractivity contribution >= 4 is 98.4 Å². The quantitative estimate of drug-likeness (QED) is 0.150. The third kappa shape index (κ3) is 11.4. The first-order valence-electron chi connectivity index (χ1n) is 44.3. The van der Waals surface area contributed by atoms with Gasteiger partial charge < -0.3 is 13.3 Å². The van der Waals surface area contributed by atoms with Crippen molar-refractivity contribution in [3.05, 3.63) is 396 Å². The van der Waals surface area contributed by atoms with Crippen molar-refractivity contribution in [1.82, 2.24) is 39.9 Å². The second kappa shape index (κ2) is 28.3. The summed E-state index contributed by atoms with van der Waals surface area (Å²) in [6.07, 6.45) is 1.82. The Morgan fingerprint density at radius 3 is 1.20 bits per heavy atom. The van der Waals surface area contributed by atoms with Crippen molar-refractivity contribution in [1.29, 1.82) is 0 Å². The Balaban J connectivity index is 0.000000105. The van der Waals surface area contributed by atoms with Crippen LogP contribution in [0.2, 0.25) is 0 Å². The molecular weight excluding hydrogens is 1580 g/mol. The van der Waals surface area contributed by atoms with Gasteiger partial charge >= 0.3 is 0 Å². The van der Waals surface area contributed by atoms with E-state index in [9.17, 15) is 0 Å². The van der Waals surface area contributed by atoms with Gasteiger partial charge in [0, 0.05) is 110 Å². The normalized spacial score (nSPS) is 14.1. The number of para-hydroxylation sites is 5. The van der Waals surface area contributed by atoms with E-state index in [0.717, 1.165) is 133 Å². The lowest BCUT2D eigenvalue weighted by Crippen LogP contribution is -2.17. The number of benzene rings is 16. The second-order valence-corrected chi connectivity index (χ2v) is 36.6. The molecule has 0 atom stereocenters. The molecule has 0 aliphatic heterocycles. The van der Waals surface area contributed by atoms with Crippen molar-refractivity contribution in [3.63, 3.8) is 0 Å². The summed E-state index contributed by atoms with van der Waals surface area (Å²) >= 11 is 0. The first-order valence-corrected chi connectivity index (χ1v) is 44.3. The molecule has 16 aromatic carbocycles. The monoisotopic (exact) mass is 1660 g/mol. The third-order valence-corrected chi connectivity index (χ3v) is 27.9. The van der Waals surface area contributed by atoms with Crippen molar-refractivity contribution in [3.8, 4) is 124 Å². The van der Waals surface area contributed by atoms with Gasteiger partial charge in [-0.2, -0.15) is 0 Å². The van der Waals surface area contributed by atoms with E-state index >= 15 is 0 Å². The third-order valence-electron chi connectivity index (χ3n) is 27.9. The minimum absolute atomic E-state index is 0.101. The maximum absolute atomic E-state index is 6.58. The predicted octanol–water partition coefficient (Wildman–Crippen LogP) is 30.3. The highest BCUT2D eigenvalue weighted by Gasteiger charge is 2.45. The zero-order valence-corrected chi connectivity index (χ0v) is 72.3. The first-order chi connectivity index (χ1) is 63.0. The van der Waals surface area contributed by atoms with Gasteiger partial charge in [0.05, 0.1) is 22.4 Å². The fourth-order valence-corrected chi connectivity index (χ4v) is 22.0. The number of rotatable bonds is 7. The highest BCUT2D eigenvalue weighted by Crippen LogP contribution is 2.61. The lowest BCUT2D eigenvalue weighted by atomic mass is 9.78. The van der Waals surface area contributed by atoms with Crippen LogP contribution in [-0.4, -0.2) is 39.9 Å². The van der Waals surface area contributed by atoms with E-state index in [1.807, 2.05) is 91.1 Å². The highest BCUT2D eigenvalue weighted by molar-refractivity contribution is 6.17. The Kier molecular flexibility index (Phi) is 16.6. The summed E-state index contributed by atoms with van der Waals surface area (Å²) in [6.45, 7) is 18.6. The van der Waals surface area contributed by atoms with Crippen molar-refractivity contribution in [2.45, 2.75) is 77.0 Å². The van der Waals surface area contributed by atoms with Gasteiger partial charge in [-0.1, -0.05) is 341 Å². The van der Waals surface area contributed by atoms with Crippen LogP contribution < -0.4 is 0 Å². The minimum atomic E-state index is -0.342. The fraction of sp³-hybridized carbons (Fsp3) is 0.102. The molecule has 0 radical (unpaired) electrons. The molecule has 4 aliphatic carbocycles. The summed E-state index contributed by atoms with van der Waals surface area (Å²) in [7, 11) is 0. The van der Waals surface area contributed by atoms with E-state index in [0.29, 0.717) is 29.1 Å². The zero-order valence-electron chi connectivity index (χ0n) is 72.3. The Morgan fingerprint density at radius 2 is 0.620 bits per heavy atom. The molecule has 0 fully saturated rings. The Hall–Kier alpha value is -16.0. The molecule has 4 aliphatic rings. The molecule has 7 aromatic heterocycles. The molecule has 7 heterocycles. The van der Waals surface area contributed by atoms with E-state index in [1.54, 1.807) is 0 Å². The van der Waals surface area contributed by atoms with Gasteiger partial charge in [0.1, 0.15) is 39.2 Å². The molecule has 0 amide bonds. The molecule has 0 spiro atoms. The molecule has 0 saturated carbocycles. The number of nitrogens with zero attached hydrogens (tertiary/aromatic N) is 8. The molecule has 23 aromatic rings. The van der Waals surface area contributed by atoms with E-state index in [4.69, 9.17) is 53.1 Å². The zero-order chi connectivity index (χ0) is 86.5. The van der Waals surface area contributed by atoms with E-state index in [-0.39, 0.29) is 21.7 Å². The molecule has 0 N–H and O–H groups in total. The molecule has 0 bridgehead atoms.